The molecule has 2 aromatic rings. The average molecular weight is 274 g/mol. The van der Waals surface area contributed by atoms with Gasteiger partial charge in [0.2, 0.25) is 0 Å². The Hall–Kier alpha value is -2.02. The van der Waals surface area contributed by atoms with E-state index in [2.05, 4.69) is 41.8 Å². The lowest BCUT2D eigenvalue weighted by Crippen LogP contribution is -2.43. The third kappa shape index (κ3) is 2.93. The van der Waals surface area contributed by atoms with Gasteiger partial charge in [-0.3, -0.25) is 4.90 Å². The van der Waals surface area contributed by atoms with E-state index in [4.69, 9.17) is 0 Å². The van der Waals surface area contributed by atoms with E-state index in [1.807, 2.05) is 6.07 Å². The van der Waals surface area contributed by atoms with Gasteiger partial charge in [0.05, 0.1) is 6.20 Å². The van der Waals surface area contributed by atoms with Crippen molar-refractivity contribution in [1.82, 2.24) is 25.2 Å². The smallest absolute Gasteiger partial charge is 0.131 e. The van der Waals surface area contributed by atoms with Gasteiger partial charge >= 0.3 is 0 Å². The molecule has 3 rings (SSSR count). The maximum atomic E-state index is 4.62. The van der Waals surface area contributed by atoms with Crippen LogP contribution in [0.1, 0.15) is 18.5 Å². The number of anilines is 1. The van der Waals surface area contributed by atoms with E-state index in [0.29, 0.717) is 6.04 Å². The normalized spacial score (nSPS) is 17.2. The van der Waals surface area contributed by atoms with Crippen molar-refractivity contribution in [1.29, 1.82) is 0 Å². The molecular formula is C13H18N6O. The molecule has 1 aliphatic rings. The minimum atomic E-state index is 0.525. The zero-order valence-corrected chi connectivity index (χ0v) is 11.5. The standard InChI is InChI=1S/C13H18N6O/c1-18(13-2-5-14-10-15-13)12-3-6-19(7-4-12)9-11-8-16-20-17-11/h2,5,8,10,12H,3-4,6-7,9H2,1H3. The summed E-state index contributed by atoms with van der Waals surface area (Å²) in [5.74, 6) is 0.985. The molecule has 0 unspecified atom stereocenters. The molecule has 20 heavy (non-hydrogen) atoms. The highest BCUT2D eigenvalue weighted by Gasteiger charge is 2.23. The SMILES string of the molecule is CN(c1ccncn1)C1CCN(Cc2cnon2)CC1. The van der Waals surface area contributed by atoms with Gasteiger partial charge in [-0.05, 0) is 18.9 Å². The van der Waals surface area contributed by atoms with Crippen molar-refractivity contribution in [2.45, 2.75) is 25.4 Å². The molecule has 106 valence electrons. The number of piperidine rings is 1. The maximum Gasteiger partial charge on any atom is 0.131 e. The van der Waals surface area contributed by atoms with E-state index in [0.717, 1.165) is 44.0 Å². The van der Waals surface area contributed by atoms with Crippen LogP contribution in [0.5, 0.6) is 0 Å². The lowest BCUT2D eigenvalue weighted by Gasteiger charge is -2.36. The van der Waals surface area contributed by atoms with Crippen LogP contribution in [0.3, 0.4) is 0 Å². The molecule has 2 aromatic heterocycles. The fourth-order valence-corrected chi connectivity index (χ4v) is 2.63. The van der Waals surface area contributed by atoms with Gasteiger partial charge in [0.15, 0.2) is 0 Å². The molecule has 7 nitrogen and oxygen atoms in total. The second-order valence-corrected chi connectivity index (χ2v) is 5.08. The number of hydrogen-bond acceptors (Lipinski definition) is 7. The van der Waals surface area contributed by atoms with Crippen LogP contribution < -0.4 is 4.90 Å². The number of likely N-dealkylation sites (tertiary alicyclic amines) is 1. The Morgan fingerprint density at radius 3 is 2.90 bits per heavy atom. The summed E-state index contributed by atoms with van der Waals surface area (Å²) < 4.78 is 4.62. The van der Waals surface area contributed by atoms with E-state index in [9.17, 15) is 0 Å². The van der Waals surface area contributed by atoms with Gasteiger partial charge in [0, 0.05) is 38.9 Å². The second kappa shape index (κ2) is 5.96. The van der Waals surface area contributed by atoms with Crippen LogP contribution >= 0.6 is 0 Å². The largest absolute Gasteiger partial charge is 0.356 e. The molecule has 1 saturated heterocycles. The number of rotatable bonds is 4. The minimum Gasteiger partial charge on any atom is -0.356 e. The summed E-state index contributed by atoms with van der Waals surface area (Å²) in [6.07, 6.45) is 7.29. The second-order valence-electron chi connectivity index (χ2n) is 5.08. The van der Waals surface area contributed by atoms with Gasteiger partial charge in [-0.25, -0.2) is 14.6 Å². The molecule has 0 amide bonds. The lowest BCUT2D eigenvalue weighted by atomic mass is 10.0. The third-order valence-electron chi connectivity index (χ3n) is 3.83. The molecule has 0 saturated carbocycles. The number of nitrogens with zero attached hydrogens (tertiary/aromatic N) is 6. The first-order valence-corrected chi connectivity index (χ1v) is 6.80. The molecule has 3 heterocycles. The Bertz CT molecular complexity index is 509. The van der Waals surface area contributed by atoms with Crippen molar-refractivity contribution in [2.75, 3.05) is 25.0 Å². The van der Waals surface area contributed by atoms with Crippen molar-refractivity contribution in [3.05, 3.63) is 30.5 Å². The van der Waals surface area contributed by atoms with Gasteiger partial charge < -0.3 is 4.90 Å². The van der Waals surface area contributed by atoms with Gasteiger partial charge in [0.25, 0.3) is 0 Å². The monoisotopic (exact) mass is 274 g/mol. The maximum absolute atomic E-state index is 4.62. The molecule has 0 N–H and O–H groups in total. The molecule has 0 radical (unpaired) electrons. The highest BCUT2D eigenvalue weighted by Crippen LogP contribution is 2.20. The summed E-state index contributed by atoms with van der Waals surface area (Å²) in [6, 6.07) is 2.48. The van der Waals surface area contributed by atoms with Gasteiger partial charge in [-0.1, -0.05) is 10.3 Å². The third-order valence-corrected chi connectivity index (χ3v) is 3.83. The van der Waals surface area contributed by atoms with Crippen LogP contribution in [0.2, 0.25) is 0 Å². The van der Waals surface area contributed by atoms with Gasteiger partial charge in [-0.15, -0.1) is 0 Å². The molecule has 7 heteroatoms. The summed E-state index contributed by atoms with van der Waals surface area (Å²) in [5, 5.41) is 7.49. The van der Waals surface area contributed by atoms with E-state index >= 15 is 0 Å². The van der Waals surface area contributed by atoms with E-state index in [-0.39, 0.29) is 0 Å². The van der Waals surface area contributed by atoms with Crippen molar-refractivity contribution >= 4 is 5.82 Å². The Morgan fingerprint density at radius 1 is 1.40 bits per heavy atom. The molecular weight excluding hydrogens is 256 g/mol. The molecule has 0 aliphatic carbocycles. The first kappa shape index (κ1) is 13.0. The van der Waals surface area contributed by atoms with E-state index < -0.39 is 0 Å². The van der Waals surface area contributed by atoms with Crippen molar-refractivity contribution in [2.24, 2.45) is 0 Å². The fourth-order valence-electron chi connectivity index (χ4n) is 2.63. The number of hydrogen-bond donors (Lipinski definition) is 0. The predicted molar refractivity (Wildman–Crippen MR) is 73.0 cm³/mol. The zero-order valence-electron chi connectivity index (χ0n) is 11.5. The summed E-state index contributed by atoms with van der Waals surface area (Å²) in [6.45, 7) is 2.91. The van der Waals surface area contributed by atoms with Crippen LogP contribution in [0.15, 0.2) is 29.4 Å². The van der Waals surface area contributed by atoms with Crippen molar-refractivity contribution < 1.29 is 4.63 Å². The van der Waals surface area contributed by atoms with E-state index in [1.165, 1.54) is 0 Å². The van der Waals surface area contributed by atoms with Crippen LogP contribution in [0, 0.1) is 0 Å². The topological polar surface area (TPSA) is 71.2 Å². The minimum absolute atomic E-state index is 0.525. The van der Waals surface area contributed by atoms with Crippen LogP contribution in [0.25, 0.3) is 0 Å². The summed E-state index contributed by atoms with van der Waals surface area (Å²) in [5.41, 5.74) is 0.896. The molecule has 0 atom stereocenters. The Morgan fingerprint density at radius 2 is 2.25 bits per heavy atom. The predicted octanol–water partition coefficient (Wildman–Crippen LogP) is 0.960. The van der Waals surface area contributed by atoms with Gasteiger partial charge in [0.1, 0.15) is 17.8 Å². The first-order valence-electron chi connectivity index (χ1n) is 6.80. The molecule has 0 spiro atoms. The molecule has 1 fully saturated rings. The van der Waals surface area contributed by atoms with E-state index in [1.54, 1.807) is 18.7 Å². The highest BCUT2D eigenvalue weighted by molar-refractivity contribution is 5.36. The van der Waals surface area contributed by atoms with Gasteiger partial charge in [-0.2, -0.15) is 0 Å². The Labute approximate surface area is 117 Å². The Balaban J connectivity index is 1.53. The highest BCUT2D eigenvalue weighted by atomic mass is 16.6. The van der Waals surface area contributed by atoms with Crippen LogP contribution in [-0.4, -0.2) is 51.4 Å². The molecule has 0 aromatic carbocycles. The summed E-state index contributed by atoms with van der Waals surface area (Å²) >= 11 is 0. The zero-order chi connectivity index (χ0) is 13.8. The molecule has 1 aliphatic heterocycles. The molecule has 0 bridgehead atoms. The quantitative estimate of drug-likeness (QED) is 0.822. The Kier molecular flexibility index (Phi) is 3.87. The summed E-state index contributed by atoms with van der Waals surface area (Å²) in [7, 11) is 2.10. The summed E-state index contributed by atoms with van der Waals surface area (Å²) in [4.78, 5) is 12.9. The van der Waals surface area contributed by atoms with Crippen molar-refractivity contribution in [3.63, 3.8) is 0 Å². The number of aromatic nitrogens is 4. The first-order chi connectivity index (χ1) is 9.83. The van der Waals surface area contributed by atoms with Crippen LogP contribution in [0.4, 0.5) is 5.82 Å². The lowest BCUT2D eigenvalue weighted by molar-refractivity contribution is 0.196. The van der Waals surface area contributed by atoms with Crippen LogP contribution in [-0.2, 0) is 6.54 Å². The fraction of sp³-hybridized carbons (Fsp3) is 0.538. The average Bonchev–Trinajstić information content (AvgIpc) is 3.01. The van der Waals surface area contributed by atoms with Crippen molar-refractivity contribution in [3.8, 4) is 0 Å².